The Labute approximate surface area is 155 Å². The number of hydrogen-bond acceptors (Lipinski definition) is 5. The number of carbonyl (C=O) groups is 1. The Kier molecular flexibility index (Phi) is 5.41. The van der Waals surface area contributed by atoms with Crippen LogP contribution in [0.25, 0.3) is 0 Å². The first kappa shape index (κ1) is 18.6. The molecule has 6 heteroatoms. The number of rotatable bonds is 4. The van der Waals surface area contributed by atoms with Crippen molar-refractivity contribution in [2.45, 2.75) is 46.1 Å². The van der Waals surface area contributed by atoms with E-state index in [4.69, 9.17) is 4.52 Å². The van der Waals surface area contributed by atoms with Crippen LogP contribution < -0.4 is 0 Å². The van der Waals surface area contributed by atoms with Crippen LogP contribution in [-0.2, 0) is 23.2 Å². The second-order valence-electron chi connectivity index (χ2n) is 8.03. The molecule has 0 atom stereocenters. The van der Waals surface area contributed by atoms with Gasteiger partial charge in [-0.25, -0.2) is 0 Å². The maximum absolute atomic E-state index is 12.6. The number of benzene rings is 1. The lowest BCUT2D eigenvalue weighted by atomic mass is 9.97. The number of aryl methyl sites for hydroxylation is 1. The summed E-state index contributed by atoms with van der Waals surface area (Å²) in [5.41, 5.74) is 2.15. The lowest BCUT2D eigenvalue weighted by Gasteiger charge is -2.34. The molecular weight excluding hydrogens is 328 g/mol. The maximum Gasteiger partial charge on any atom is 0.232 e. The summed E-state index contributed by atoms with van der Waals surface area (Å²) in [5, 5.41) is 4.09. The van der Waals surface area contributed by atoms with E-state index in [-0.39, 0.29) is 11.3 Å². The maximum atomic E-state index is 12.6. The molecule has 0 spiro atoms. The molecule has 1 aliphatic heterocycles. The van der Waals surface area contributed by atoms with E-state index in [9.17, 15) is 4.79 Å². The first-order valence-electron chi connectivity index (χ1n) is 9.20. The fraction of sp³-hybridized carbons (Fsp3) is 0.550. The number of hydrogen-bond donors (Lipinski definition) is 0. The standard InChI is InChI=1S/C20H28N4O2/c1-15-7-5-6-8-16(15)13-18(25)24-11-9-23(10-12-24)14-17-21-19(26-22-17)20(2,3)4/h5-8H,9-14H2,1-4H3. The van der Waals surface area contributed by atoms with Crippen LogP contribution in [0.15, 0.2) is 28.8 Å². The number of nitrogens with zero attached hydrogens (tertiary/aromatic N) is 4. The Hall–Kier alpha value is -2.21. The van der Waals surface area contributed by atoms with Crippen molar-refractivity contribution in [2.75, 3.05) is 26.2 Å². The molecule has 0 N–H and O–H groups in total. The highest BCUT2D eigenvalue weighted by molar-refractivity contribution is 5.79. The zero-order valence-electron chi connectivity index (χ0n) is 16.2. The molecule has 0 saturated carbocycles. The smallest absolute Gasteiger partial charge is 0.232 e. The van der Waals surface area contributed by atoms with Crippen molar-refractivity contribution >= 4 is 5.91 Å². The SMILES string of the molecule is Cc1ccccc1CC(=O)N1CCN(Cc2noc(C(C)(C)C)n2)CC1. The normalized spacial score (nSPS) is 16.1. The zero-order valence-corrected chi connectivity index (χ0v) is 16.2. The fourth-order valence-electron chi connectivity index (χ4n) is 3.06. The molecule has 0 bridgehead atoms. The molecule has 2 aromatic rings. The third kappa shape index (κ3) is 4.49. The number of carbonyl (C=O) groups excluding carboxylic acids is 1. The van der Waals surface area contributed by atoms with Crippen LogP contribution in [0.3, 0.4) is 0 Å². The summed E-state index contributed by atoms with van der Waals surface area (Å²) in [5.74, 6) is 1.59. The predicted molar refractivity (Wildman–Crippen MR) is 99.7 cm³/mol. The summed E-state index contributed by atoms with van der Waals surface area (Å²) in [6.07, 6.45) is 0.479. The van der Waals surface area contributed by atoms with Crippen LogP contribution in [0.5, 0.6) is 0 Å². The Morgan fingerprint density at radius 2 is 1.85 bits per heavy atom. The second-order valence-corrected chi connectivity index (χ2v) is 8.03. The third-order valence-corrected chi connectivity index (χ3v) is 4.80. The fourth-order valence-corrected chi connectivity index (χ4v) is 3.06. The molecule has 140 valence electrons. The molecule has 1 amide bonds. The van der Waals surface area contributed by atoms with Gasteiger partial charge in [0, 0.05) is 31.6 Å². The Morgan fingerprint density at radius 3 is 2.46 bits per heavy atom. The summed E-state index contributed by atoms with van der Waals surface area (Å²) < 4.78 is 5.36. The molecule has 1 aromatic heterocycles. The second kappa shape index (κ2) is 7.58. The van der Waals surface area contributed by atoms with Crippen LogP contribution in [0.4, 0.5) is 0 Å². The van der Waals surface area contributed by atoms with Gasteiger partial charge in [-0.2, -0.15) is 4.98 Å². The molecule has 1 aromatic carbocycles. The Morgan fingerprint density at radius 1 is 1.15 bits per heavy atom. The number of piperazine rings is 1. The van der Waals surface area contributed by atoms with Crippen molar-refractivity contribution in [1.82, 2.24) is 19.9 Å². The van der Waals surface area contributed by atoms with E-state index >= 15 is 0 Å². The molecular formula is C20H28N4O2. The van der Waals surface area contributed by atoms with Crippen LogP contribution in [0.1, 0.15) is 43.6 Å². The van der Waals surface area contributed by atoms with Crippen LogP contribution in [0.2, 0.25) is 0 Å². The summed E-state index contributed by atoms with van der Waals surface area (Å²) in [6, 6.07) is 8.08. The largest absolute Gasteiger partial charge is 0.340 e. The first-order chi connectivity index (χ1) is 12.3. The molecule has 0 unspecified atom stereocenters. The molecule has 1 fully saturated rings. The van der Waals surface area contributed by atoms with E-state index < -0.39 is 0 Å². The van der Waals surface area contributed by atoms with Crippen LogP contribution in [-0.4, -0.2) is 52.0 Å². The van der Waals surface area contributed by atoms with Gasteiger partial charge in [0.15, 0.2) is 5.82 Å². The number of aromatic nitrogens is 2. The lowest BCUT2D eigenvalue weighted by Crippen LogP contribution is -2.48. The lowest BCUT2D eigenvalue weighted by molar-refractivity contribution is -0.132. The summed E-state index contributed by atoms with van der Waals surface area (Å²) in [6.45, 7) is 12.0. The third-order valence-electron chi connectivity index (χ3n) is 4.80. The molecule has 3 rings (SSSR count). The van der Waals surface area contributed by atoms with Gasteiger partial charge in [0.2, 0.25) is 11.8 Å². The Bertz CT molecular complexity index is 755. The summed E-state index contributed by atoms with van der Waals surface area (Å²) in [7, 11) is 0. The first-order valence-corrected chi connectivity index (χ1v) is 9.20. The van der Waals surface area contributed by atoms with Crippen molar-refractivity contribution in [3.05, 3.63) is 47.1 Å². The zero-order chi connectivity index (χ0) is 18.7. The van der Waals surface area contributed by atoms with Crippen molar-refractivity contribution in [3.63, 3.8) is 0 Å². The van der Waals surface area contributed by atoms with Gasteiger partial charge >= 0.3 is 0 Å². The van der Waals surface area contributed by atoms with Gasteiger partial charge in [-0.1, -0.05) is 50.2 Å². The van der Waals surface area contributed by atoms with Crippen molar-refractivity contribution < 1.29 is 9.32 Å². The molecule has 1 aliphatic rings. The van der Waals surface area contributed by atoms with Gasteiger partial charge < -0.3 is 9.42 Å². The van der Waals surface area contributed by atoms with Gasteiger partial charge in [-0.05, 0) is 18.1 Å². The van der Waals surface area contributed by atoms with Crippen molar-refractivity contribution in [3.8, 4) is 0 Å². The summed E-state index contributed by atoms with van der Waals surface area (Å²) in [4.78, 5) is 21.3. The van der Waals surface area contributed by atoms with E-state index in [1.165, 1.54) is 5.56 Å². The highest BCUT2D eigenvalue weighted by Gasteiger charge is 2.25. The highest BCUT2D eigenvalue weighted by Crippen LogP contribution is 2.20. The highest BCUT2D eigenvalue weighted by atomic mass is 16.5. The minimum atomic E-state index is -0.133. The van der Waals surface area contributed by atoms with Crippen molar-refractivity contribution in [1.29, 1.82) is 0 Å². The molecule has 6 nitrogen and oxygen atoms in total. The number of amides is 1. The monoisotopic (exact) mass is 356 g/mol. The molecule has 26 heavy (non-hydrogen) atoms. The minimum Gasteiger partial charge on any atom is -0.340 e. The van der Waals surface area contributed by atoms with Gasteiger partial charge in [0.1, 0.15) is 0 Å². The molecule has 0 aliphatic carbocycles. The van der Waals surface area contributed by atoms with Gasteiger partial charge in [0.25, 0.3) is 0 Å². The van der Waals surface area contributed by atoms with E-state index in [1.807, 2.05) is 23.1 Å². The summed E-state index contributed by atoms with van der Waals surface area (Å²) >= 11 is 0. The van der Waals surface area contributed by atoms with Crippen LogP contribution in [0, 0.1) is 6.92 Å². The quantitative estimate of drug-likeness (QED) is 0.842. The van der Waals surface area contributed by atoms with E-state index in [2.05, 4.69) is 48.8 Å². The van der Waals surface area contributed by atoms with E-state index in [0.717, 1.165) is 37.6 Å². The average Bonchev–Trinajstić information content (AvgIpc) is 3.06. The Balaban J connectivity index is 1.50. The topological polar surface area (TPSA) is 62.5 Å². The van der Waals surface area contributed by atoms with Gasteiger partial charge in [-0.15, -0.1) is 0 Å². The average molecular weight is 356 g/mol. The van der Waals surface area contributed by atoms with E-state index in [1.54, 1.807) is 0 Å². The van der Waals surface area contributed by atoms with E-state index in [0.29, 0.717) is 18.9 Å². The van der Waals surface area contributed by atoms with Gasteiger partial charge in [0.05, 0.1) is 13.0 Å². The molecule has 2 heterocycles. The van der Waals surface area contributed by atoms with Crippen LogP contribution >= 0.6 is 0 Å². The molecule has 0 radical (unpaired) electrons. The van der Waals surface area contributed by atoms with Gasteiger partial charge in [-0.3, -0.25) is 9.69 Å². The predicted octanol–water partition coefficient (Wildman–Crippen LogP) is 2.56. The molecule has 1 saturated heterocycles. The van der Waals surface area contributed by atoms with Crippen molar-refractivity contribution in [2.24, 2.45) is 0 Å². The minimum absolute atomic E-state index is 0.133.